The average Bonchev–Trinajstić information content (AvgIpc) is 3.34. The van der Waals surface area contributed by atoms with Gasteiger partial charge in [-0.2, -0.15) is 0 Å². The molecule has 0 unspecified atom stereocenters. The molecule has 43 heavy (non-hydrogen) atoms. The molecule has 2 bridgehead atoms. The van der Waals surface area contributed by atoms with Gasteiger partial charge in [0, 0.05) is 18.0 Å². The van der Waals surface area contributed by atoms with Gasteiger partial charge in [0.1, 0.15) is 11.8 Å². The Hall–Kier alpha value is -3.93. The molecule has 228 valence electrons. The number of nitrogens with zero attached hydrogens (tertiary/aromatic N) is 1. The summed E-state index contributed by atoms with van der Waals surface area (Å²) in [6.07, 6.45) is 1.18. The number of phenolic OH excluding ortho intramolecular Hbond substituents is 1. The van der Waals surface area contributed by atoms with Crippen molar-refractivity contribution in [3.63, 3.8) is 0 Å². The Morgan fingerprint density at radius 2 is 1.91 bits per heavy atom. The number of nitrogens with two attached hydrogens (primary N) is 1. The zero-order valence-corrected chi connectivity index (χ0v) is 24.4. The van der Waals surface area contributed by atoms with Crippen molar-refractivity contribution in [2.45, 2.75) is 80.9 Å². The van der Waals surface area contributed by atoms with E-state index in [4.69, 9.17) is 19.9 Å². The van der Waals surface area contributed by atoms with Crippen LogP contribution in [0.4, 0.5) is 0 Å². The first kappa shape index (κ1) is 29.2. The van der Waals surface area contributed by atoms with Crippen LogP contribution >= 0.6 is 0 Å². The Balaban J connectivity index is 1.13. The number of piperidine rings is 1. The molecule has 1 spiro atoms. The van der Waals surface area contributed by atoms with E-state index in [0.29, 0.717) is 31.6 Å². The number of hydrogen-bond acceptors (Lipinski definition) is 10. The summed E-state index contributed by atoms with van der Waals surface area (Å²) in [4.78, 5) is 40.6. The number of nitrogens with one attached hydrogen (secondary N) is 1. The number of carbonyl (C=O) groups is 3. The van der Waals surface area contributed by atoms with E-state index in [1.54, 1.807) is 12.1 Å². The average molecular weight is 592 g/mol. The summed E-state index contributed by atoms with van der Waals surface area (Å²) in [6.45, 7) is 3.52. The Bertz CT molecular complexity index is 1490. The molecule has 5 N–H and O–H groups in total. The molecule has 1 saturated heterocycles. The summed E-state index contributed by atoms with van der Waals surface area (Å²) < 4.78 is 17.4. The first-order valence-corrected chi connectivity index (χ1v) is 14.6. The lowest BCUT2D eigenvalue weighted by Gasteiger charge is -2.61. The van der Waals surface area contributed by atoms with Crippen LogP contribution in [0.25, 0.3) is 0 Å². The van der Waals surface area contributed by atoms with Crippen LogP contribution in [0.5, 0.6) is 11.5 Å². The lowest BCUT2D eigenvalue weighted by molar-refractivity contribution is -0.176. The van der Waals surface area contributed by atoms with Gasteiger partial charge in [-0.15, -0.1) is 0 Å². The number of likely N-dealkylation sites (N-methyl/N-ethyl adjacent to an activating group) is 1. The van der Waals surface area contributed by atoms with Gasteiger partial charge in [-0.1, -0.05) is 36.4 Å². The number of rotatable bonds is 8. The number of amides is 1. The van der Waals surface area contributed by atoms with Crippen molar-refractivity contribution >= 4 is 17.8 Å². The number of aliphatic hydroxyl groups is 1. The second-order valence-electron chi connectivity index (χ2n) is 12.1. The van der Waals surface area contributed by atoms with Gasteiger partial charge < -0.3 is 40.4 Å². The summed E-state index contributed by atoms with van der Waals surface area (Å²) in [5, 5.41) is 25.4. The van der Waals surface area contributed by atoms with Crippen molar-refractivity contribution in [3.8, 4) is 11.5 Å². The highest BCUT2D eigenvalue weighted by molar-refractivity contribution is 5.88. The number of likely N-dealkylation sites (tertiary alicyclic amines) is 1. The Morgan fingerprint density at radius 1 is 1.16 bits per heavy atom. The van der Waals surface area contributed by atoms with Crippen LogP contribution in [0.2, 0.25) is 0 Å². The van der Waals surface area contributed by atoms with E-state index in [1.807, 2.05) is 43.4 Å². The first-order valence-electron chi connectivity index (χ1n) is 14.6. The SMILES string of the molecule is C[C@H](NC(=O)[C@@H](N)Cc1ccccc1)C(=O)O[C@@H](C)C(=O)OC1=CC[C@@]2(O)[C@H]3Cc4ccc(O)c5c4[C@@]2(CCN3C)[C@H]1O5. The number of phenols is 1. The first-order chi connectivity index (χ1) is 20.5. The number of esters is 2. The van der Waals surface area contributed by atoms with Gasteiger partial charge in [-0.25, -0.2) is 9.59 Å². The normalized spacial score (nSPS) is 28.8. The van der Waals surface area contributed by atoms with E-state index in [0.717, 1.165) is 16.7 Å². The molecule has 2 heterocycles. The molecule has 11 heteroatoms. The fourth-order valence-corrected chi connectivity index (χ4v) is 7.30. The number of ether oxygens (including phenoxy) is 3. The zero-order valence-electron chi connectivity index (χ0n) is 24.4. The minimum absolute atomic E-state index is 0.0326. The maximum atomic E-state index is 13.2. The van der Waals surface area contributed by atoms with Crippen molar-refractivity contribution in [2.75, 3.05) is 13.6 Å². The fraction of sp³-hybridized carbons (Fsp3) is 0.469. The zero-order chi connectivity index (χ0) is 30.7. The van der Waals surface area contributed by atoms with Crippen LogP contribution in [0.1, 0.15) is 43.4 Å². The fourth-order valence-electron chi connectivity index (χ4n) is 7.30. The molecule has 2 aliphatic carbocycles. The van der Waals surface area contributed by atoms with E-state index in [9.17, 15) is 24.6 Å². The molecule has 7 atom stereocenters. The maximum absolute atomic E-state index is 13.2. The lowest BCUT2D eigenvalue weighted by atomic mass is 9.50. The van der Waals surface area contributed by atoms with E-state index >= 15 is 0 Å². The van der Waals surface area contributed by atoms with Crippen LogP contribution in [-0.2, 0) is 42.1 Å². The number of carbonyl (C=O) groups excluding carboxylic acids is 3. The summed E-state index contributed by atoms with van der Waals surface area (Å²) in [5.41, 5.74) is 6.57. The molecular weight excluding hydrogens is 554 g/mol. The predicted molar refractivity (Wildman–Crippen MR) is 154 cm³/mol. The Labute approximate surface area is 249 Å². The Kier molecular flexibility index (Phi) is 7.22. The number of aromatic hydroxyl groups is 1. The smallest absolute Gasteiger partial charge is 0.352 e. The van der Waals surface area contributed by atoms with Crippen molar-refractivity contribution in [1.82, 2.24) is 10.2 Å². The van der Waals surface area contributed by atoms with Crippen LogP contribution in [-0.4, -0.2) is 82.5 Å². The van der Waals surface area contributed by atoms with Crippen molar-refractivity contribution in [2.24, 2.45) is 5.73 Å². The topological polar surface area (TPSA) is 161 Å². The molecule has 0 radical (unpaired) electrons. The largest absolute Gasteiger partial charge is 0.504 e. The summed E-state index contributed by atoms with van der Waals surface area (Å²) in [6, 6.07) is 10.6. The molecule has 2 aromatic carbocycles. The van der Waals surface area contributed by atoms with Crippen LogP contribution in [0, 0.1) is 0 Å². The molecule has 6 rings (SSSR count). The summed E-state index contributed by atoms with van der Waals surface area (Å²) in [5.74, 6) is -1.69. The lowest BCUT2D eigenvalue weighted by Crippen LogP contribution is -2.74. The molecule has 0 saturated carbocycles. The van der Waals surface area contributed by atoms with E-state index in [-0.39, 0.29) is 24.0 Å². The highest BCUT2D eigenvalue weighted by atomic mass is 16.6. The summed E-state index contributed by atoms with van der Waals surface area (Å²) >= 11 is 0. The van der Waals surface area contributed by atoms with Gasteiger partial charge in [0.25, 0.3) is 0 Å². The third kappa shape index (κ3) is 4.57. The van der Waals surface area contributed by atoms with Gasteiger partial charge in [-0.05, 0) is 70.0 Å². The number of hydrogen-bond donors (Lipinski definition) is 4. The summed E-state index contributed by atoms with van der Waals surface area (Å²) in [7, 11) is 1.99. The molecule has 1 fully saturated rings. The van der Waals surface area contributed by atoms with E-state index < -0.39 is 53.2 Å². The minimum Gasteiger partial charge on any atom is -0.504 e. The third-order valence-corrected chi connectivity index (χ3v) is 9.54. The molecular formula is C32H37N3O8. The second-order valence-corrected chi connectivity index (χ2v) is 12.1. The van der Waals surface area contributed by atoms with Crippen LogP contribution < -0.4 is 15.8 Å². The van der Waals surface area contributed by atoms with Crippen molar-refractivity contribution < 1.29 is 38.8 Å². The molecule has 0 aromatic heterocycles. The standard InChI is InChI=1S/C32H37N3O8/c1-17(34-28(37)21(33)15-19-7-5-4-6-8-19)29(38)41-18(2)30(39)42-23-11-12-32(40)24-16-20-9-10-22(36)26-25(20)31(32,27(23)43-26)13-14-35(24)3/h4-11,17-18,21,24,27,36,40H,12-16,33H2,1-3H3,(H,34,37)/t17-,18-,21-,24+,27-,31-,32+/m0/s1. The molecule has 11 nitrogen and oxygen atoms in total. The van der Waals surface area contributed by atoms with E-state index in [2.05, 4.69) is 10.2 Å². The van der Waals surface area contributed by atoms with Crippen molar-refractivity contribution in [3.05, 3.63) is 71.0 Å². The molecule has 4 aliphatic rings. The van der Waals surface area contributed by atoms with Crippen LogP contribution in [0.15, 0.2) is 54.3 Å². The number of benzene rings is 2. The van der Waals surface area contributed by atoms with Gasteiger partial charge in [0.05, 0.1) is 17.1 Å². The quantitative estimate of drug-likeness (QED) is 0.329. The molecule has 2 aromatic rings. The van der Waals surface area contributed by atoms with Crippen LogP contribution in [0.3, 0.4) is 0 Å². The van der Waals surface area contributed by atoms with Gasteiger partial charge in [-0.3, -0.25) is 4.79 Å². The van der Waals surface area contributed by atoms with Gasteiger partial charge in [0.15, 0.2) is 23.7 Å². The monoisotopic (exact) mass is 591 g/mol. The second kappa shape index (κ2) is 10.7. The van der Waals surface area contributed by atoms with Crippen molar-refractivity contribution in [1.29, 1.82) is 0 Å². The highest BCUT2D eigenvalue weighted by Gasteiger charge is 2.72. The van der Waals surface area contributed by atoms with E-state index in [1.165, 1.54) is 13.8 Å². The highest BCUT2D eigenvalue weighted by Crippen LogP contribution is 2.65. The van der Waals surface area contributed by atoms with Gasteiger partial charge in [0.2, 0.25) is 5.91 Å². The molecule has 1 amide bonds. The predicted octanol–water partition coefficient (Wildman–Crippen LogP) is 1.22. The van der Waals surface area contributed by atoms with Gasteiger partial charge >= 0.3 is 11.9 Å². The molecule has 2 aliphatic heterocycles. The Morgan fingerprint density at radius 3 is 2.65 bits per heavy atom. The maximum Gasteiger partial charge on any atom is 0.352 e. The minimum atomic E-state index is -1.30. The third-order valence-electron chi connectivity index (χ3n) is 9.54.